The Morgan fingerprint density at radius 3 is 2.43 bits per heavy atom. The van der Waals surface area contributed by atoms with Crippen LogP contribution in [-0.4, -0.2) is 38.3 Å². The Labute approximate surface area is 144 Å². The fourth-order valence-corrected chi connectivity index (χ4v) is 2.63. The number of nitrogens with two attached hydrogens (primary N) is 1. The number of benzene rings is 1. The summed E-state index contributed by atoms with van der Waals surface area (Å²) < 4.78 is 10.5. The largest absolute Gasteiger partial charge is 0.494 e. The van der Waals surface area contributed by atoms with Gasteiger partial charge in [0.05, 0.1) is 6.61 Å². The zero-order valence-electron chi connectivity index (χ0n) is 13.6. The average Bonchev–Trinajstić information content (AvgIpc) is 2.54. The van der Waals surface area contributed by atoms with Crippen LogP contribution in [0.2, 0.25) is 0 Å². The molecule has 1 aromatic carbocycles. The van der Waals surface area contributed by atoms with Crippen molar-refractivity contribution in [1.29, 1.82) is 0 Å². The summed E-state index contributed by atoms with van der Waals surface area (Å²) in [6.07, 6.45) is 4.75. The van der Waals surface area contributed by atoms with Crippen molar-refractivity contribution >= 4 is 18.3 Å². The van der Waals surface area contributed by atoms with Gasteiger partial charge in [0.15, 0.2) is 0 Å². The third kappa shape index (κ3) is 6.77. The van der Waals surface area contributed by atoms with E-state index in [9.17, 15) is 4.79 Å². The van der Waals surface area contributed by atoms with Crippen LogP contribution in [0.5, 0.6) is 5.75 Å². The minimum atomic E-state index is -0.0218. The second-order valence-electron chi connectivity index (χ2n) is 5.80. The summed E-state index contributed by atoms with van der Waals surface area (Å²) in [4.78, 5) is 12.2. The second-order valence-corrected chi connectivity index (χ2v) is 5.80. The van der Waals surface area contributed by atoms with Gasteiger partial charge in [0.1, 0.15) is 5.75 Å². The SMILES string of the molecule is COCCCOc1ccc(C(=O)NC2CCC(N)CC2)cc1.Cl. The number of ether oxygens (including phenoxy) is 2. The van der Waals surface area contributed by atoms with Gasteiger partial charge in [0.2, 0.25) is 0 Å². The average molecular weight is 343 g/mol. The highest BCUT2D eigenvalue weighted by Crippen LogP contribution is 2.18. The van der Waals surface area contributed by atoms with Crippen molar-refractivity contribution in [2.45, 2.75) is 44.2 Å². The van der Waals surface area contributed by atoms with Gasteiger partial charge in [0.25, 0.3) is 5.91 Å². The normalized spacial score (nSPS) is 20.4. The molecule has 0 unspecified atom stereocenters. The molecule has 1 aliphatic carbocycles. The maximum absolute atomic E-state index is 12.2. The fourth-order valence-electron chi connectivity index (χ4n) is 2.63. The summed E-state index contributed by atoms with van der Waals surface area (Å²) in [5, 5.41) is 3.08. The monoisotopic (exact) mass is 342 g/mol. The van der Waals surface area contributed by atoms with Crippen molar-refractivity contribution in [3.63, 3.8) is 0 Å². The molecule has 23 heavy (non-hydrogen) atoms. The summed E-state index contributed by atoms with van der Waals surface area (Å²) in [6.45, 7) is 1.30. The molecule has 130 valence electrons. The van der Waals surface area contributed by atoms with Crippen LogP contribution in [0.4, 0.5) is 0 Å². The number of methoxy groups -OCH3 is 1. The van der Waals surface area contributed by atoms with E-state index in [4.69, 9.17) is 15.2 Å². The Kier molecular flexibility index (Phi) is 8.99. The van der Waals surface area contributed by atoms with Gasteiger partial charge in [-0.05, 0) is 49.9 Å². The summed E-state index contributed by atoms with van der Waals surface area (Å²) in [6, 6.07) is 7.81. The molecule has 6 heteroatoms. The zero-order valence-corrected chi connectivity index (χ0v) is 14.4. The van der Waals surface area contributed by atoms with Gasteiger partial charge < -0.3 is 20.5 Å². The van der Waals surface area contributed by atoms with Gasteiger partial charge in [-0.3, -0.25) is 4.79 Å². The van der Waals surface area contributed by atoms with E-state index in [1.165, 1.54) is 0 Å². The molecule has 1 fully saturated rings. The molecule has 0 aliphatic heterocycles. The maximum Gasteiger partial charge on any atom is 0.251 e. The summed E-state index contributed by atoms with van der Waals surface area (Å²) in [7, 11) is 1.67. The van der Waals surface area contributed by atoms with E-state index in [0.29, 0.717) is 24.8 Å². The van der Waals surface area contributed by atoms with Crippen LogP contribution in [0.1, 0.15) is 42.5 Å². The number of carbonyl (C=O) groups is 1. The van der Waals surface area contributed by atoms with Gasteiger partial charge in [-0.15, -0.1) is 12.4 Å². The predicted molar refractivity (Wildman–Crippen MR) is 93.4 cm³/mol. The van der Waals surface area contributed by atoms with Crippen molar-refractivity contribution in [2.24, 2.45) is 5.73 Å². The molecule has 0 atom stereocenters. The Balaban J connectivity index is 0.00000264. The highest BCUT2D eigenvalue weighted by atomic mass is 35.5. The van der Waals surface area contributed by atoms with Crippen LogP contribution in [0, 0.1) is 0 Å². The van der Waals surface area contributed by atoms with Crippen LogP contribution in [0.25, 0.3) is 0 Å². The zero-order chi connectivity index (χ0) is 15.8. The van der Waals surface area contributed by atoms with Crippen molar-refractivity contribution in [2.75, 3.05) is 20.3 Å². The molecular weight excluding hydrogens is 316 g/mol. The number of hydrogen-bond donors (Lipinski definition) is 2. The lowest BCUT2D eigenvalue weighted by atomic mass is 9.91. The molecule has 0 saturated heterocycles. The number of halogens is 1. The molecule has 0 spiro atoms. The minimum Gasteiger partial charge on any atom is -0.494 e. The molecule has 1 aromatic rings. The van der Waals surface area contributed by atoms with Gasteiger partial charge in [-0.1, -0.05) is 0 Å². The lowest BCUT2D eigenvalue weighted by molar-refractivity contribution is 0.0926. The lowest BCUT2D eigenvalue weighted by Crippen LogP contribution is -2.40. The second kappa shape index (κ2) is 10.5. The molecule has 0 aromatic heterocycles. The Hall–Kier alpha value is -1.30. The molecule has 1 saturated carbocycles. The quantitative estimate of drug-likeness (QED) is 0.747. The summed E-state index contributed by atoms with van der Waals surface area (Å²) in [5.74, 6) is 0.752. The summed E-state index contributed by atoms with van der Waals surface area (Å²) >= 11 is 0. The first-order chi connectivity index (χ1) is 10.7. The molecule has 2 rings (SSSR count). The van der Waals surface area contributed by atoms with Gasteiger partial charge in [-0.25, -0.2) is 0 Å². The lowest BCUT2D eigenvalue weighted by Gasteiger charge is -2.26. The Morgan fingerprint density at radius 2 is 1.83 bits per heavy atom. The van der Waals surface area contributed by atoms with Crippen LogP contribution in [-0.2, 0) is 4.74 Å². The first kappa shape index (κ1) is 19.7. The molecule has 5 nitrogen and oxygen atoms in total. The fraction of sp³-hybridized carbons (Fsp3) is 0.588. The first-order valence-electron chi connectivity index (χ1n) is 7.97. The number of hydrogen-bond acceptors (Lipinski definition) is 4. The Morgan fingerprint density at radius 1 is 1.17 bits per heavy atom. The van der Waals surface area contributed by atoms with Gasteiger partial charge in [0, 0.05) is 37.8 Å². The van der Waals surface area contributed by atoms with Crippen LogP contribution < -0.4 is 15.8 Å². The third-order valence-corrected chi connectivity index (χ3v) is 3.99. The van der Waals surface area contributed by atoms with Crippen LogP contribution >= 0.6 is 12.4 Å². The van der Waals surface area contributed by atoms with Crippen LogP contribution in [0.15, 0.2) is 24.3 Å². The van der Waals surface area contributed by atoms with E-state index < -0.39 is 0 Å². The maximum atomic E-state index is 12.2. The van der Waals surface area contributed by atoms with Crippen molar-refractivity contribution in [3.05, 3.63) is 29.8 Å². The van der Waals surface area contributed by atoms with Crippen molar-refractivity contribution in [3.8, 4) is 5.75 Å². The number of nitrogens with one attached hydrogen (secondary N) is 1. The van der Waals surface area contributed by atoms with Gasteiger partial charge in [-0.2, -0.15) is 0 Å². The van der Waals surface area contributed by atoms with Gasteiger partial charge >= 0.3 is 0 Å². The third-order valence-electron chi connectivity index (χ3n) is 3.99. The highest BCUT2D eigenvalue weighted by molar-refractivity contribution is 5.94. The number of rotatable bonds is 7. The number of amides is 1. The first-order valence-corrected chi connectivity index (χ1v) is 7.97. The highest BCUT2D eigenvalue weighted by Gasteiger charge is 2.20. The van der Waals surface area contributed by atoms with E-state index in [1.54, 1.807) is 19.2 Å². The standard InChI is InChI=1S/C17H26N2O3.ClH/c1-21-11-2-12-22-16-9-3-13(4-10-16)17(20)19-15-7-5-14(18)6-8-15;/h3-4,9-10,14-15H,2,5-8,11-12,18H2,1H3,(H,19,20);1H. The number of carbonyl (C=O) groups excluding carboxylic acids is 1. The topological polar surface area (TPSA) is 73.6 Å². The van der Waals surface area contributed by atoms with Crippen molar-refractivity contribution in [1.82, 2.24) is 5.32 Å². The molecule has 0 radical (unpaired) electrons. The van der Waals surface area contributed by atoms with E-state index in [1.807, 2.05) is 12.1 Å². The van der Waals surface area contributed by atoms with E-state index in [0.717, 1.165) is 37.9 Å². The summed E-state index contributed by atoms with van der Waals surface area (Å²) in [5.41, 5.74) is 6.55. The molecular formula is C17H27ClN2O3. The molecule has 1 aliphatic rings. The minimum absolute atomic E-state index is 0. The van der Waals surface area contributed by atoms with E-state index in [2.05, 4.69) is 5.32 Å². The van der Waals surface area contributed by atoms with Crippen LogP contribution in [0.3, 0.4) is 0 Å². The predicted octanol–water partition coefficient (Wildman–Crippen LogP) is 2.52. The van der Waals surface area contributed by atoms with E-state index in [-0.39, 0.29) is 24.4 Å². The van der Waals surface area contributed by atoms with Crippen molar-refractivity contribution < 1.29 is 14.3 Å². The molecule has 0 bridgehead atoms. The molecule has 0 heterocycles. The van der Waals surface area contributed by atoms with E-state index >= 15 is 0 Å². The molecule has 3 N–H and O–H groups in total. The molecule has 1 amide bonds. The Bertz CT molecular complexity index is 459. The smallest absolute Gasteiger partial charge is 0.251 e.